The van der Waals surface area contributed by atoms with Gasteiger partial charge >= 0.3 is 0 Å². The van der Waals surface area contributed by atoms with Gasteiger partial charge in [0, 0.05) is 5.39 Å². The second kappa shape index (κ2) is 4.19. The van der Waals surface area contributed by atoms with Crippen LogP contribution >= 0.6 is 0 Å². The molecule has 0 aliphatic rings. The molecule has 0 saturated carbocycles. The molecule has 0 amide bonds. The molecule has 0 saturated heterocycles. The van der Waals surface area contributed by atoms with Gasteiger partial charge in [0.05, 0.1) is 0 Å². The summed E-state index contributed by atoms with van der Waals surface area (Å²) in [5, 5.41) is 11.9. The van der Waals surface area contributed by atoms with Gasteiger partial charge in [0.25, 0.3) is 0 Å². The van der Waals surface area contributed by atoms with Gasteiger partial charge in [-0.15, -0.1) is 0 Å². The Morgan fingerprint density at radius 2 is 1.56 bits per heavy atom. The summed E-state index contributed by atoms with van der Waals surface area (Å²) in [4.78, 5) is 0. The Hall–Kier alpha value is -2.28. The van der Waals surface area contributed by atoms with E-state index < -0.39 is 0 Å². The summed E-state index contributed by atoms with van der Waals surface area (Å²) in [5.74, 6) is 0.335. The zero-order valence-corrected chi connectivity index (χ0v) is 10.2. The first-order valence-corrected chi connectivity index (χ1v) is 6.03. The Bertz CT molecular complexity index is 714. The van der Waals surface area contributed by atoms with E-state index in [2.05, 4.69) is 31.2 Å². The highest BCUT2D eigenvalue weighted by atomic mass is 16.3. The molecule has 1 heteroatoms. The smallest absolute Gasteiger partial charge is 0.123 e. The molecular formula is C17H14O. The summed E-state index contributed by atoms with van der Waals surface area (Å²) in [6, 6.07) is 20.1. The highest BCUT2D eigenvalue weighted by Crippen LogP contribution is 2.33. The molecule has 1 N–H and O–H groups in total. The molecule has 0 heterocycles. The number of phenolic OH excluding ortho intramolecular Hbond substituents is 1. The average Bonchev–Trinajstić information content (AvgIpc) is 2.39. The minimum absolute atomic E-state index is 0.335. The molecule has 3 rings (SSSR count). The highest BCUT2D eigenvalue weighted by molar-refractivity contribution is 5.99. The fraction of sp³-hybridized carbons (Fsp3) is 0.0588. The van der Waals surface area contributed by atoms with Crippen LogP contribution in [0.3, 0.4) is 0 Å². The van der Waals surface area contributed by atoms with E-state index >= 15 is 0 Å². The van der Waals surface area contributed by atoms with Crippen molar-refractivity contribution < 1.29 is 5.11 Å². The summed E-state index contributed by atoms with van der Waals surface area (Å²) in [5.41, 5.74) is 3.59. The lowest BCUT2D eigenvalue weighted by atomic mass is 9.97. The van der Waals surface area contributed by atoms with Gasteiger partial charge in [-0.2, -0.15) is 0 Å². The second-order valence-electron chi connectivity index (χ2n) is 4.55. The summed E-state index contributed by atoms with van der Waals surface area (Å²) in [6.07, 6.45) is 0. The molecule has 0 aliphatic carbocycles. The number of fused-ring (bicyclic) bond motifs is 1. The van der Waals surface area contributed by atoms with Crippen molar-refractivity contribution in [2.45, 2.75) is 6.92 Å². The first-order valence-electron chi connectivity index (χ1n) is 6.03. The Labute approximate surface area is 106 Å². The summed E-state index contributed by atoms with van der Waals surface area (Å²) in [7, 11) is 0. The van der Waals surface area contributed by atoms with Crippen LogP contribution < -0.4 is 0 Å². The number of phenols is 1. The van der Waals surface area contributed by atoms with Crippen molar-refractivity contribution >= 4 is 10.8 Å². The lowest BCUT2D eigenvalue weighted by molar-refractivity contribution is 0.481. The Balaban J connectivity index is 2.33. The van der Waals surface area contributed by atoms with Crippen molar-refractivity contribution in [3.8, 4) is 16.9 Å². The number of aromatic hydroxyl groups is 1. The first kappa shape index (κ1) is 10.8. The minimum atomic E-state index is 0.335. The van der Waals surface area contributed by atoms with E-state index in [4.69, 9.17) is 0 Å². The van der Waals surface area contributed by atoms with E-state index in [9.17, 15) is 5.11 Å². The van der Waals surface area contributed by atoms with Crippen LogP contribution in [0.5, 0.6) is 5.75 Å². The van der Waals surface area contributed by atoms with Gasteiger partial charge in [-0.25, -0.2) is 0 Å². The Kier molecular flexibility index (Phi) is 2.52. The molecule has 0 radical (unpaired) electrons. The van der Waals surface area contributed by atoms with Crippen molar-refractivity contribution in [3.05, 3.63) is 66.2 Å². The number of rotatable bonds is 1. The molecule has 3 aromatic rings. The molecule has 3 aromatic carbocycles. The number of aryl methyl sites for hydroxylation is 1. The normalized spacial score (nSPS) is 10.7. The van der Waals surface area contributed by atoms with Crippen LogP contribution in [-0.2, 0) is 0 Å². The summed E-state index contributed by atoms with van der Waals surface area (Å²) >= 11 is 0. The molecule has 0 bridgehead atoms. The Morgan fingerprint density at radius 3 is 2.33 bits per heavy atom. The predicted octanol–water partition coefficient (Wildman–Crippen LogP) is 4.52. The van der Waals surface area contributed by atoms with Crippen molar-refractivity contribution in [1.29, 1.82) is 0 Å². The molecule has 0 aliphatic heterocycles. The maximum atomic E-state index is 9.90. The molecule has 0 aromatic heterocycles. The van der Waals surface area contributed by atoms with E-state index in [-0.39, 0.29) is 0 Å². The third kappa shape index (κ3) is 1.74. The maximum absolute atomic E-state index is 9.90. The van der Waals surface area contributed by atoms with Gasteiger partial charge in [0.2, 0.25) is 0 Å². The van der Waals surface area contributed by atoms with E-state index in [0.717, 1.165) is 16.3 Å². The van der Waals surface area contributed by atoms with E-state index in [1.807, 2.05) is 30.3 Å². The van der Waals surface area contributed by atoms with E-state index in [1.165, 1.54) is 11.1 Å². The number of benzene rings is 3. The quantitative estimate of drug-likeness (QED) is 0.656. The minimum Gasteiger partial charge on any atom is -0.507 e. The third-order valence-corrected chi connectivity index (χ3v) is 3.23. The third-order valence-electron chi connectivity index (χ3n) is 3.23. The highest BCUT2D eigenvalue weighted by Gasteiger charge is 2.06. The standard InChI is InChI=1S/C17H14O/c1-12-5-4-6-13(11-12)14-9-10-17(18)16-8-3-2-7-15(14)16/h2-11,18H,1H3. The second-order valence-corrected chi connectivity index (χ2v) is 4.55. The Morgan fingerprint density at radius 1 is 0.778 bits per heavy atom. The summed E-state index contributed by atoms with van der Waals surface area (Å²) < 4.78 is 0. The van der Waals surface area contributed by atoms with Crippen molar-refractivity contribution in [2.75, 3.05) is 0 Å². The molecule has 88 valence electrons. The molecule has 0 unspecified atom stereocenters. The molecule has 0 spiro atoms. The van der Waals surface area contributed by atoms with Crippen LogP contribution in [0.1, 0.15) is 5.56 Å². The van der Waals surface area contributed by atoms with Crippen molar-refractivity contribution in [3.63, 3.8) is 0 Å². The fourth-order valence-electron chi connectivity index (χ4n) is 2.35. The van der Waals surface area contributed by atoms with Crippen molar-refractivity contribution in [1.82, 2.24) is 0 Å². The number of hydrogen-bond donors (Lipinski definition) is 1. The average molecular weight is 234 g/mol. The van der Waals surface area contributed by atoms with Crippen LogP contribution in [0.15, 0.2) is 60.7 Å². The van der Waals surface area contributed by atoms with Crippen molar-refractivity contribution in [2.24, 2.45) is 0 Å². The van der Waals surface area contributed by atoms with Gasteiger partial charge < -0.3 is 5.11 Å². The summed E-state index contributed by atoms with van der Waals surface area (Å²) in [6.45, 7) is 2.09. The molecule has 1 nitrogen and oxygen atoms in total. The van der Waals surface area contributed by atoms with Crippen LogP contribution in [0.25, 0.3) is 21.9 Å². The monoisotopic (exact) mass is 234 g/mol. The van der Waals surface area contributed by atoms with Gasteiger partial charge in [-0.3, -0.25) is 0 Å². The molecular weight excluding hydrogens is 220 g/mol. The fourth-order valence-corrected chi connectivity index (χ4v) is 2.35. The van der Waals surface area contributed by atoms with Crippen LogP contribution in [0.4, 0.5) is 0 Å². The zero-order valence-electron chi connectivity index (χ0n) is 10.2. The molecule has 18 heavy (non-hydrogen) atoms. The van der Waals surface area contributed by atoms with Crippen LogP contribution in [0.2, 0.25) is 0 Å². The zero-order chi connectivity index (χ0) is 12.5. The van der Waals surface area contributed by atoms with Gasteiger partial charge in [-0.1, -0.05) is 60.2 Å². The largest absolute Gasteiger partial charge is 0.507 e. The van der Waals surface area contributed by atoms with E-state index in [0.29, 0.717) is 5.75 Å². The van der Waals surface area contributed by atoms with Gasteiger partial charge in [0.1, 0.15) is 5.75 Å². The lowest BCUT2D eigenvalue weighted by Gasteiger charge is -2.09. The molecule has 0 atom stereocenters. The van der Waals surface area contributed by atoms with Gasteiger partial charge in [0.15, 0.2) is 0 Å². The van der Waals surface area contributed by atoms with Crippen LogP contribution in [-0.4, -0.2) is 5.11 Å². The van der Waals surface area contributed by atoms with Gasteiger partial charge in [-0.05, 0) is 29.5 Å². The first-order chi connectivity index (χ1) is 8.75. The van der Waals surface area contributed by atoms with E-state index in [1.54, 1.807) is 6.07 Å². The maximum Gasteiger partial charge on any atom is 0.123 e. The topological polar surface area (TPSA) is 20.2 Å². The number of hydrogen-bond acceptors (Lipinski definition) is 1. The lowest BCUT2D eigenvalue weighted by Crippen LogP contribution is -1.83. The molecule has 0 fully saturated rings. The SMILES string of the molecule is Cc1cccc(-c2ccc(O)c3ccccc23)c1. The predicted molar refractivity (Wildman–Crippen MR) is 75.8 cm³/mol. The van der Waals surface area contributed by atoms with Crippen LogP contribution in [0, 0.1) is 6.92 Å².